The van der Waals surface area contributed by atoms with E-state index < -0.39 is 0 Å². The lowest BCUT2D eigenvalue weighted by Crippen LogP contribution is -2.06. The lowest BCUT2D eigenvalue weighted by molar-refractivity contribution is 0.408. The van der Waals surface area contributed by atoms with E-state index in [9.17, 15) is 0 Å². The van der Waals surface area contributed by atoms with Crippen LogP contribution in [-0.2, 0) is 13.5 Å². The second kappa shape index (κ2) is 5.45. The number of hydrogen-bond acceptors (Lipinski definition) is 3. The average Bonchev–Trinajstić information content (AvgIpc) is 2.71. The second-order valence-electron chi connectivity index (χ2n) is 4.83. The smallest absolute Gasteiger partial charge is 0.124 e. The van der Waals surface area contributed by atoms with Crippen molar-refractivity contribution in [3.63, 3.8) is 0 Å². The lowest BCUT2D eigenvalue weighted by atomic mass is 10.0. The van der Waals surface area contributed by atoms with Crippen LogP contribution in [0.1, 0.15) is 16.8 Å². The van der Waals surface area contributed by atoms with Gasteiger partial charge in [0.15, 0.2) is 0 Å². The molecule has 1 aromatic heterocycles. The fourth-order valence-electron chi connectivity index (χ4n) is 2.45. The third-order valence-electron chi connectivity index (χ3n) is 3.34. The van der Waals surface area contributed by atoms with Crippen LogP contribution in [0.3, 0.4) is 0 Å². The highest BCUT2D eigenvalue weighted by Crippen LogP contribution is 2.29. The molecular weight excluding hydrogens is 238 g/mol. The van der Waals surface area contributed by atoms with E-state index in [-0.39, 0.29) is 0 Å². The van der Waals surface area contributed by atoms with Crippen LogP contribution in [0.2, 0.25) is 0 Å². The minimum atomic E-state index is 0.639. The Kier molecular flexibility index (Phi) is 3.90. The van der Waals surface area contributed by atoms with E-state index in [1.165, 1.54) is 0 Å². The van der Waals surface area contributed by atoms with Gasteiger partial charge in [-0.1, -0.05) is 0 Å². The Hall–Kier alpha value is -1.81. The predicted octanol–water partition coefficient (Wildman–Crippen LogP) is 2.21. The zero-order valence-corrected chi connectivity index (χ0v) is 12.0. The number of methoxy groups -OCH3 is 1. The van der Waals surface area contributed by atoms with Gasteiger partial charge in [-0.15, -0.1) is 0 Å². The first-order chi connectivity index (χ1) is 9.06. The van der Waals surface area contributed by atoms with Gasteiger partial charge >= 0.3 is 0 Å². The molecule has 0 aliphatic rings. The number of nitrogens with zero attached hydrogens (tertiary/aromatic N) is 2. The van der Waals surface area contributed by atoms with Gasteiger partial charge in [0.2, 0.25) is 0 Å². The Morgan fingerprint density at radius 3 is 2.37 bits per heavy atom. The number of ether oxygens (including phenoxy) is 1. The van der Waals surface area contributed by atoms with Crippen molar-refractivity contribution in [1.29, 1.82) is 0 Å². The topological polar surface area (TPSA) is 53.1 Å². The summed E-state index contributed by atoms with van der Waals surface area (Å²) < 4.78 is 7.29. The van der Waals surface area contributed by atoms with Gasteiger partial charge in [-0.3, -0.25) is 4.68 Å². The summed E-state index contributed by atoms with van der Waals surface area (Å²) in [6, 6.07) is 6.33. The zero-order chi connectivity index (χ0) is 14.0. The van der Waals surface area contributed by atoms with Crippen LogP contribution in [-0.4, -0.2) is 23.4 Å². The number of hydrogen-bond donors (Lipinski definition) is 1. The van der Waals surface area contributed by atoms with Crippen LogP contribution >= 0.6 is 0 Å². The number of nitrogens with two attached hydrogens (primary N) is 1. The van der Waals surface area contributed by atoms with E-state index in [1.807, 2.05) is 11.7 Å². The molecule has 4 nitrogen and oxygen atoms in total. The fraction of sp³-hybridized carbons (Fsp3) is 0.400. The van der Waals surface area contributed by atoms with Gasteiger partial charge < -0.3 is 10.5 Å². The third kappa shape index (κ3) is 2.63. The highest BCUT2D eigenvalue weighted by Gasteiger charge is 2.10. The molecule has 0 amide bonds. The molecule has 0 radical (unpaired) electrons. The molecule has 0 aliphatic heterocycles. The van der Waals surface area contributed by atoms with E-state index in [2.05, 4.69) is 37.1 Å². The van der Waals surface area contributed by atoms with Gasteiger partial charge in [0.1, 0.15) is 5.75 Å². The molecule has 2 rings (SSSR count). The van der Waals surface area contributed by atoms with Gasteiger partial charge in [0.25, 0.3) is 0 Å². The van der Waals surface area contributed by atoms with E-state index in [0.717, 1.165) is 40.2 Å². The van der Waals surface area contributed by atoms with Gasteiger partial charge in [-0.25, -0.2) is 0 Å². The molecule has 0 fully saturated rings. The molecule has 0 spiro atoms. The standard InChI is InChI=1S/C15H21N3O/c1-10-7-12(8-11(2)15(10)19-4)14-9-13(5-6-16)18(3)17-14/h7-9H,5-6,16H2,1-4H3. The molecule has 2 N–H and O–H groups in total. The third-order valence-corrected chi connectivity index (χ3v) is 3.34. The fourth-order valence-corrected chi connectivity index (χ4v) is 2.45. The quantitative estimate of drug-likeness (QED) is 0.916. The SMILES string of the molecule is COc1c(C)cc(-c2cc(CCN)n(C)n2)cc1C. The second-order valence-corrected chi connectivity index (χ2v) is 4.83. The van der Waals surface area contributed by atoms with Crippen molar-refractivity contribution in [2.75, 3.05) is 13.7 Å². The number of aromatic nitrogens is 2. The first-order valence-corrected chi connectivity index (χ1v) is 6.45. The molecule has 0 bridgehead atoms. The molecule has 4 heteroatoms. The van der Waals surface area contributed by atoms with Gasteiger partial charge in [-0.2, -0.15) is 5.10 Å². The van der Waals surface area contributed by atoms with Crippen molar-refractivity contribution < 1.29 is 4.74 Å². The molecule has 102 valence electrons. The Morgan fingerprint density at radius 2 is 1.84 bits per heavy atom. The molecule has 2 aromatic rings. The Balaban J connectivity index is 2.44. The monoisotopic (exact) mass is 259 g/mol. The highest BCUT2D eigenvalue weighted by molar-refractivity contribution is 5.64. The summed E-state index contributed by atoms with van der Waals surface area (Å²) in [7, 11) is 3.66. The van der Waals surface area contributed by atoms with Crippen LogP contribution < -0.4 is 10.5 Å². The number of aryl methyl sites for hydroxylation is 3. The van der Waals surface area contributed by atoms with Gasteiger partial charge in [-0.05, 0) is 49.7 Å². The van der Waals surface area contributed by atoms with Gasteiger partial charge in [0, 0.05) is 24.7 Å². The molecule has 1 aromatic carbocycles. The molecule has 1 heterocycles. The summed E-state index contributed by atoms with van der Waals surface area (Å²) in [5.74, 6) is 0.946. The normalized spacial score (nSPS) is 10.8. The number of benzene rings is 1. The van der Waals surface area contributed by atoms with E-state index in [1.54, 1.807) is 7.11 Å². The Labute approximate surface area is 114 Å². The van der Waals surface area contributed by atoms with Gasteiger partial charge in [0.05, 0.1) is 12.8 Å². The Morgan fingerprint density at radius 1 is 1.21 bits per heavy atom. The molecule has 0 unspecified atom stereocenters. The van der Waals surface area contributed by atoms with Crippen LogP contribution in [0.15, 0.2) is 18.2 Å². The molecule has 19 heavy (non-hydrogen) atoms. The minimum Gasteiger partial charge on any atom is -0.496 e. The maximum absolute atomic E-state index is 5.61. The van der Waals surface area contributed by atoms with Crippen molar-refractivity contribution in [3.8, 4) is 17.0 Å². The first-order valence-electron chi connectivity index (χ1n) is 6.45. The predicted molar refractivity (Wildman–Crippen MR) is 77.4 cm³/mol. The zero-order valence-electron chi connectivity index (χ0n) is 12.0. The molecule has 0 saturated carbocycles. The summed E-state index contributed by atoms with van der Waals surface area (Å²) >= 11 is 0. The van der Waals surface area contributed by atoms with Crippen LogP contribution in [0.4, 0.5) is 0 Å². The van der Waals surface area contributed by atoms with Crippen molar-refractivity contribution in [3.05, 3.63) is 35.0 Å². The van der Waals surface area contributed by atoms with E-state index in [4.69, 9.17) is 10.5 Å². The summed E-state index contributed by atoms with van der Waals surface area (Å²) in [5.41, 5.74) is 11.1. The average molecular weight is 259 g/mol. The summed E-state index contributed by atoms with van der Waals surface area (Å²) in [5, 5.41) is 4.56. The van der Waals surface area contributed by atoms with Crippen LogP contribution in [0.5, 0.6) is 5.75 Å². The molecule has 0 saturated heterocycles. The first kappa shape index (κ1) is 13.6. The lowest BCUT2D eigenvalue weighted by Gasteiger charge is -2.10. The molecular formula is C15H21N3O. The van der Waals surface area contributed by atoms with Crippen molar-refractivity contribution in [1.82, 2.24) is 9.78 Å². The maximum atomic E-state index is 5.61. The van der Waals surface area contributed by atoms with Crippen LogP contribution in [0, 0.1) is 13.8 Å². The van der Waals surface area contributed by atoms with Crippen molar-refractivity contribution >= 4 is 0 Å². The van der Waals surface area contributed by atoms with Crippen LogP contribution in [0.25, 0.3) is 11.3 Å². The number of rotatable bonds is 4. The van der Waals surface area contributed by atoms with E-state index >= 15 is 0 Å². The summed E-state index contributed by atoms with van der Waals surface area (Å²) in [6.45, 7) is 4.75. The molecule has 0 aliphatic carbocycles. The maximum Gasteiger partial charge on any atom is 0.124 e. The van der Waals surface area contributed by atoms with Crippen molar-refractivity contribution in [2.45, 2.75) is 20.3 Å². The highest BCUT2D eigenvalue weighted by atomic mass is 16.5. The minimum absolute atomic E-state index is 0.639. The Bertz CT molecular complexity index is 564. The summed E-state index contributed by atoms with van der Waals surface area (Å²) in [6.07, 6.45) is 0.845. The molecule has 0 atom stereocenters. The largest absolute Gasteiger partial charge is 0.496 e. The van der Waals surface area contributed by atoms with E-state index in [0.29, 0.717) is 6.54 Å². The van der Waals surface area contributed by atoms with Crippen molar-refractivity contribution in [2.24, 2.45) is 12.8 Å². The summed E-state index contributed by atoms with van der Waals surface area (Å²) in [4.78, 5) is 0.